The van der Waals surface area contributed by atoms with Gasteiger partial charge in [0.15, 0.2) is 0 Å². The van der Waals surface area contributed by atoms with Crippen molar-refractivity contribution in [1.82, 2.24) is 0 Å². The molecule has 140 valence electrons. The molecule has 2 aliphatic heterocycles. The lowest BCUT2D eigenvalue weighted by atomic mass is 9.87. The first-order chi connectivity index (χ1) is 12.4. The first-order valence-corrected chi connectivity index (χ1v) is 10.6. The first-order valence-electron chi connectivity index (χ1n) is 9.02. The zero-order valence-corrected chi connectivity index (χ0v) is 15.5. The quantitative estimate of drug-likeness (QED) is 0.807. The third kappa shape index (κ3) is 2.80. The summed E-state index contributed by atoms with van der Waals surface area (Å²) in [6, 6.07) is 7.42. The molecule has 4 rings (SSSR count). The smallest absolute Gasteiger partial charge is 0.235 e. The van der Waals surface area contributed by atoms with Crippen molar-refractivity contribution in [2.45, 2.75) is 44.2 Å². The Hall–Kier alpha value is -2.29. The highest BCUT2D eigenvalue weighted by molar-refractivity contribution is 7.93. The Balaban J connectivity index is 1.68. The molecular weight excluding hydrogens is 352 g/mol. The highest BCUT2D eigenvalue weighted by atomic mass is 32.2. The molecule has 8 nitrogen and oxygen atoms in total. The summed E-state index contributed by atoms with van der Waals surface area (Å²) in [6.45, 7) is 0.528. The Morgan fingerprint density at radius 3 is 2.23 bits per heavy atom. The molecule has 0 aromatic heterocycles. The molecule has 1 aromatic carbocycles. The largest absolute Gasteiger partial charge is 0.369 e. The van der Waals surface area contributed by atoms with Crippen molar-refractivity contribution < 1.29 is 8.42 Å². The van der Waals surface area contributed by atoms with Crippen LogP contribution in [0.5, 0.6) is 0 Å². The van der Waals surface area contributed by atoms with Crippen molar-refractivity contribution in [1.29, 1.82) is 0 Å². The molecule has 1 aromatic rings. The fourth-order valence-corrected chi connectivity index (χ4v) is 5.76. The van der Waals surface area contributed by atoms with Gasteiger partial charge in [0.05, 0.1) is 11.4 Å². The van der Waals surface area contributed by atoms with Gasteiger partial charge < -0.3 is 11.5 Å². The molecule has 9 heteroatoms. The van der Waals surface area contributed by atoms with Crippen LogP contribution in [0.4, 0.5) is 11.4 Å². The second-order valence-electron chi connectivity index (χ2n) is 7.08. The van der Waals surface area contributed by atoms with E-state index in [1.807, 2.05) is 29.2 Å². The maximum atomic E-state index is 12.1. The SMILES string of the molecule is NC1=NC2(CCCCC2)N(c2ccc(N3CCCS3(=O)=O)cc2)C(N)=N1. The predicted molar refractivity (Wildman–Crippen MR) is 104 cm³/mol. The van der Waals surface area contributed by atoms with Crippen LogP contribution in [-0.2, 0) is 10.0 Å². The second-order valence-corrected chi connectivity index (χ2v) is 9.09. The highest BCUT2D eigenvalue weighted by Crippen LogP contribution is 2.40. The minimum atomic E-state index is -3.19. The van der Waals surface area contributed by atoms with E-state index in [0.29, 0.717) is 24.6 Å². The van der Waals surface area contributed by atoms with Crippen molar-refractivity contribution in [2.24, 2.45) is 21.5 Å². The van der Waals surface area contributed by atoms with Gasteiger partial charge in [-0.1, -0.05) is 6.42 Å². The number of nitrogens with zero attached hydrogens (tertiary/aromatic N) is 4. The van der Waals surface area contributed by atoms with E-state index < -0.39 is 15.7 Å². The van der Waals surface area contributed by atoms with E-state index >= 15 is 0 Å². The van der Waals surface area contributed by atoms with Crippen LogP contribution < -0.4 is 20.7 Å². The van der Waals surface area contributed by atoms with E-state index in [-0.39, 0.29) is 11.7 Å². The molecule has 0 unspecified atom stereocenters. The summed E-state index contributed by atoms with van der Waals surface area (Å²) < 4.78 is 25.7. The normalized spacial score (nSPS) is 24.5. The van der Waals surface area contributed by atoms with Gasteiger partial charge >= 0.3 is 0 Å². The maximum Gasteiger partial charge on any atom is 0.235 e. The summed E-state index contributed by atoms with van der Waals surface area (Å²) in [5.41, 5.74) is 13.2. The summed E-state index contributed by atoms with van der Waals surface area (Å²) in [4.78, 5) is 10.8. The first kappa shape index (κ1) is 17.1. The van der Waals surface area contributed by atoms with Gasteiger partial charge in [0, 0.05) is 12.2 Å². The number of rotatable bonds is 2. The van der Waals surface area contributed by atoms with E-state index in [9.17, 15) is 8.42 Å². The van der Waals surface area contributed by atoms with E-state index in [1.165, 1.54) is 10.7 Å². The van der Waals surface area contributed by atoms with E-state index in [0.717, 1.165) is 31.4 Å². The third-order valence-corrected chi connectivity index (χ3v) is 7.22. The topological polar surface area (TPSA) is 117 Å². The van der Waals surface area contributed by atoms with Crippen LogP contribution >= 0.6 is 0 Å². The molecule has 26 heavy (non-hydrogen) atoms. The van der Waals surface area contributed by atoms with Crippen LogP contribution in [0.2, 0.25) is 0 Å². The van der Waals surface area contributed by atoms with Crippen LogP contribution in [-0.4, -0.2) is 38.3 Å². The molecule has 1 aliphatic carbocycles. The lowest BCUT2D eigenvalue weighted by Gasteiger charge is -2.45. The maximum absolute atomic E-state index is 12.1. The molecule has 1 saturated carbocycles. The van der Waals surface area contributed by atoms with Gasteiger partial charge in [-0.25, -0.2) is 13.4 Å². The van der Waals surface area contributed by atoms with Crippen LogP contribution in [0.15, 0.2) is 34.3 Å². The fourth-order valence-electron chi connectivity index (χ4n) is 4.19. The Bertz CT molecular complexity index is 856. The molecule has 0 bridgehead atoms. The standard InChI is InChI=1S/C17H24N6O2S/c18-15-20-16(19)23(17(21-15)9-2-1-3-10-17)14-7-5-13(6-8-14)22-11-4-12-26(22,24)25/h5-8H,1-4,9-12H2,(H4,18,19,20,21). The van der Waals surface area contributed by atoms with Crippen LogP contribution in [0.25, 0.3) is 0 Å². The van der Waals surface area contributed by atoms with Gasteiger partial charge in [-0.2, -0.15) is 4.99 Å². The average Bonchev–Trinajstić information content (AvgIpc) is 2.95. The van der Waals surface area contributed by atoms with E-state index in [1.54, 1.807) is 0 Å². The van der Waals surface area contributed by atoms with Gasteiger partial charge in [0.2, 0.25) is 21.9 Å². The molecule has 0 atom stereocenters. The molecule has 0 amide bonds. The van der Waals surface area contributed by atoms with Crippen molar-refractivity contribution in [3.63, 3.8) is 0 Å². The van der Waals surface area contributed by atoms with Crippen LogP contribution in [0, 0.1) is 0 Å². The van der Waals surface area contributed by atoms with Crippen molar-refractivity contribution >= 4 is 33.3 Å². The minimum absolute atomic E-state index is 0.206. The molecular formula is C17H24N6O2S. The van der Waals surface area contributed by atoms with Gasteiger partial charge in [-0.05, 0) is 56.4 Å². The number of sulfonamides is 1. The fraction of sp³-hybridized carbons (Fsp3) is 0.529. The van der Waals surface area contributed by atoms with Gasteiger partial charge in [0.25, 0.3) is 0 Å². The number of hydrogen-bond acceptors (Lipinski definition) is 7. The monoisotopic (exact) mass is 376 g/mol. The number of anilines is 2. The van der Waals surface area contributed by atoms with Crippen molar-refractivity contribution in [3.8, 4) is 0 Å². The zero-order valence-electron chi connectivity index (χ0n) is 14.6. The summed E-state index contributed by atoms with van der Waals surface area (Å²) in [6.07, 6.45) is 5.69. The summed E-state index contributed by atoms with van der Waals surface area (Å²) in [5.74, 6) is 0.763. The van der Waals surface area contributed by atoms with E-state index in [2.05, 4.69) is 9.98 Å². The lowest BCUT2D eigenvalue weighted by Crippen LogP contribution is -2.58. The number of nitrogens with two attached hydrogens (primary N) is 2. The molecule has 1 saturated heterocycles. The second kappa shape index (κ2) is 6.15. The molecule has 0 radical (unpaired) electrons. The lowest BCUT2D eigenvalue weighted by molar-refractivity contribution is 0.305. The van der Waals surface area contributed by atoms with Crippen LogP contribution in [0.3, 0.4) is 0 Å². The van der Waals surface area contributed by atoms with E-state index in [4.69, 9.17) is 11.5 Å². The summed E-state index contributed by atoms with van der Waals surface area (Å²) in [7, 11) is -3.19. The number of hydrogen-bond donors (Lipinski definition) is 2. The number of aliphatic imine (C=N–C) groups is 2. The average molecular weight is 376 g/mol. The van der Waals surface area contributed by atoms with Crippen LogP contribution in [0.1, 0.15) is 38.5 Å². The Labute approximate surface area is 153 Å². The molecule has 2 fully saturated rings. The molecule has 3 aliphatic rings. The van der Waals surface area contributed by atoms with Crippen molar-refractivity contribution in [3.05, 3.63) is 24.3 Å². The summed E-state index contributed by atoms with van der Waals surface area (Å²) in [5, 5.41) is 0. The highest BCUT2D eigenvalue weighted by Gasteiger charge is 2.42. The minimum Gasteiger partial charge on any atom is -0.369 e. The van der Waals surface area contributed by atoms with Gasteiger partial charge in [-0.15, -0.1) is 0 Å². The predicted octanol–water partition coefficient (Wildman–Crippen LogP) is 1.34. The Kier molecular flexibility index (Phi) is 4.06. The molecule has 4 N–H and O–H groups in total. The van der Waals surface area contributed by atoms with Gasteiger partial charge in [-0.3, -0.25) is 9.21 Å². The summed E-state index contributed by atoms with van der Waals surface area (Å²) >= 11 is 0. The molecule has 1 spiro atoms. The molecule has 2 heterocycles. The Morgan fingerprint density at radius 2 is 1.62 bits per heavy atom. The number of guanidine groups is 2. The Morgan fingerprint density at radius 1 is 0.962 bits per heavy atom. The third-order valence-electron chi connectivity index (χ3n) is 5.35. The number of benzene rings is 1. The van der Waals surface area contributed by atoms with Crippen molar-refractivity contribution in [2.75, 3.05) is 21.5 Å². The van der Waals surface area contributed by atoms with Gasteiger partial charge in [0.1, 0.15) is 5.66 Å². The zero-order chi connectivity index (χ0) is 18.4.